The summed E-state index contributed by atoms with van der Waals surface area (Å²) in [4.78, 5) is 2.36. The van der Waals surface area contributed by atoms with E-state index in [1.165, 1.54) is 25.3 Å². The number of rotatable bonds is 9. The molecule has 0 aliphatic rings. The van der Waals surface area contributed by atoms with Crippen LogP contribution in [-0.2, 0) is 6.54 Å². The van der Waals surface area contributed by atoms with Gasteiger partial charge in [0.05, 0.1) is 0 Å². The average molecular weight is 331 g/mol. The van der Waals surface area contributed by atoms with E-state index in [1.54, 1.807) is 19.1 Å². The van der Waals surface area contributed by atoms with E-state index >= 15 is 0 Å². The maximum Gasteiger partial charge on any atom is 0.573 e. The van der Waals surface area contributed by atoms with Crippen molar-refractivity contribution in [1.82, 2.24) is 4.90 Å². The number of nitrogens with zero attached hydrogens (tertiary/aromatic N) is 1. The minimum Gasteiger partial charge on any atom is -0.406 e. The van der Waals surface area contributed by atoms with Crippen LogP contribution < -0.4 is 4.74 Å². The van der Waals surface area contributed by atoms with Crippen molar-refractivity contribution in [1.29, 1.82) is 0 Å². The SMILES string of the molecule is CCCCCCN(Cc1ccc(OC(F)(F)F)c(C)c1)C(C)C. The molecule has 0 spiro atoms. The molecule has 0 amide bonds. The molecule has 2 nitrogen and oxygen atoms in total. The molecule has 1 aromatic rings. The number of alkyl halides is 3. The summed E-state index contributed by atoms with van der Waals surface area (Å²) < 4.78 is 40.9. The van der Waals surface area contributed by atoms with Crippen LogP contribution in [0.3, 0.4) is 0 Å². The van der Waals surface area contributed by atoms with Gasteiger partial charge in [-0.25, -0.2) is 0 Å². The van der Waals surface area contributed by atoms with Crippen LogP contribution in [0.1, 0.15) is 57.6 Å². The molecule has 0 atom stereocenters. The molecule has 0 N–H and O–H groups in total. The Labute approximate surface area is 137 Å². The number of benzene rings is 1. The summed E-state index contributed by atoms with van der Waals surface area (Å²) in [5, 5.41) is 0. The van der Waals surface area contributed by atoms with E-state index in [4.69, 9.17) is 0 Å². The Morgan fingerprint density at radius 3 is 2.35 bits per heavy atom. The Bertz CT molecular complexity index is 472. The number of halogens is 3. The molecule has 0 unspecified atom stereocenters. The monoisotopic (exact) mass is 331 g/mol. The highest BCUT2D eigenvalue weighted by molar-refractivity contribution is 5.36. The largest absolute Gasteiger partial charge is 0.573 e. The Morgan fingerprint density at radius 1 is 1.13 bits per heavy atom. The summed E-state index contributed by atoms with van der Waals surface area (Å²) in [6, 6.07) is 5.31. The number of unbranched alkanes of at least 4 members (excludes halogenated alkanes) is 3. The molecule has 1 rings (SSSR count). The molecule has 0 heterocycles. The van der Waals surface area contributed by atoms with Crippen LogP contribution in [0.2, 0.25) is 0 Å². The molecule has 5 heteroatoms. The van der Waals surface area contributed by atoms with Crippen molar-refractivity contribution in [3.63, 3.8) is 0 Å². The summed E-state index contributed by atoms with van der Waals surface area (Å²) in [5.41, 5.74) is 1.52. The Morgan fingerprint density at radius 2 is 1.83 bits per heavy atom. The highest BCUT2D eigenvalue weighted by Crippen LogP contribution is 2.27. The van der Waals surface area contributed by atoms with E-state index in [1.807, 2.05) is 0 Å². The lowest BCUT2D eigenvalue weighted by Crippen LogP contribution is -2.31. The third kappa shape index (κ3) is 7.73. The summed E-state index contributed by atoms with van der Waals surface area (Å²) in [5.74, 6) is -0.125. The summed E-state index contributed by atoms with van der Waals surface area (Å²) in [6.45, 7) is 9.88. The van der Waals surface area contributed by atoms with Gasteiger partial charge in [-0.3, -0.25) is 4.90 Å². The molecule has 1 aromatic carbocycles. The normalized spacial score (nSPS) is 12.2. The van der Waals surface area contributed by atoms with Crippen LogP contribution >= 0.6 is 0 Å². The fourth-order valence-electron chi connectivity index (χ4n) is 2.55. The topological polar surface area (TPSA) is 12.5 Å². The van der Waals surface area contributed by atoms with Crippen LogP contribution in [0, 0.1) is 6.92 Å². The van der Waals surface area contributed by atoms with Crippen LogP contribution in [0.25, 0.3) is 0 Å². The van der Waals surface area contributed by atoms with E-state index in [0.717, 1.165) is 25.1 Å². The molecule has 132 valence electrons. The number of aryl methyl sites for hydroxylation is 1. The first-order valence-corrected chi connectivity index (χ1v) is 8.32. The fourth-order valence-corrected chi connectivity index (χ4v) is 2.55. The van der Waals surface area contributed by atoms with E-state index in [-0.39, 0.29) is 5.75 Å². The molecule has 0 aliphatic heterocycles. The zero-order chi connectivity index (χ0) is 17.5. The van der Waals surface area contributed by atoms with Crippen molar-refractivity contribution in [3.8, 4) is 5.75 Å². The van der Waals surface area contributed by atoms with Crippen molar-refractivity contribution < 1.29 is 17.9 Å². The lowest BCUT2D eigenvalue weighted by Gasteiger charge is -2.27. The van der Waals surface area contributed by atoms with Gasteiger partial charge in [0.1, 0.15) is 5.75 Å². The molecule has 0 radical (unpaired) electrons. The first-order chi connectivity index (χ1) is 10.7. The second-order valence-electron chi connectivity index (χ2n) is 6.27. The molecule has 0 bridgehead atoms. The first kappa shape index (κ1) is 19.8. The minimum atomic E-state index is -4.64. The molecular weight excluding hydrogens is 303 g/mol. The predicted octanol–water partition coefficient (Wildman–Crippen LogP) is 5.68. The Hall–Kier alpha value is -1.23. The zero-order valence-corrected chi connectivity index (χ0v) is 14.5. The minimum absolute atomic E-state index is 0.125. The van der Waals surface area contributed by atoms with Gasteiger partial charge >= 0.3 is 6.36 Å². The quantitative estimate of drug-likeness (QED) is 0.539. The predicted molar refractivity (Wildman–Crippen MR) is 87.6 cm³/mol. The fraction of sp³-hybridized carbons (Fsp3) is 0.667. The van der Waals surface area contributed by atoms with Crippen LogP contribution in [0.5, 0.6) is 5.75 Å². The van der Waals surface area contributed by atoms with Crippen LogP contribution in [-0.4, -0.2) is 23.8 Å². The van der Waals surface area contributed by atoms with Gasteiger partial charge in [0, 0.05) is 12.6 Å². The summed E-state index contributed by atoms with van der Waals surface area (Å²) >= 11 is 0. The van der Waals surface area contributed by atoms with Gasteiger partial charge < -0.3 is 4.74 Å². The smallest absolute Gasteiger partial charge is 0.406 e. The van der Waals surface area contributed by atoms with Gasteiger partial charge in [0.15, 0.2) is 0 Å². The maximum atomic E-state index is 12.3. The average Bonchev–Trinajstić information content (AvgIpc) is 2.43. The first-order valence-electron chi connectivity index (χ1n) is 8.32. The van der Waals surface area contributed by atoms with Gasteiger partial charge in [-0.15, -0.1) is 13.2 Å². The molecule has 0 aromatic heterocycles. The van der Waals surface area contributed by atoms with Crippen LogP contribution in [0.4, 0.5) is 13.2 Å². The molecule has 0 saturated heterocycles. The maximum absolute atomic E-state index is 12.3. The molecule has 0 fully saturated rings. The van der Waals surface area contributed by atoms with Crippen LogP contribution in [0.15, 0.2) is 18.2 Å². The number of hydrogen-bond donors (Lipinski definition) is 0. The lowest BCUT2D eigenvalue weighted by molar-refractivity contribution is -0.274. The molecular formula is C18H28F3NO. The third-order valence-corrected chi connectivity index (χ3v) is 3.88. The van der Waals surface area contributed by atoms with E-state index in [2.05, 4.69) is 30.4 Å². The Balaban J connectivity index is 2.68. The van der Waals surface area contributed by atoms with E-state index in [0.29, 0.717) is 11.6 Å². The van der Waals surface area contributed by atoms with Gasteiger partial charge in [-0.05, 0) is 50.9 Å². The molecule has 0 saturated carbocycles. The number of ether oxygens (including phenoxy) is 1. The van der Waals surface area contributed by atoms with Crippen molar-refractivity contribution in [2.24, 2.45) is 0 Å². The van der Waals surface area contributed by atoms with Gasteiger partial charge in [-0.1, -0.05) is 38.3 Å². The highest BCUT2D eigenvalue weighted by Gasteiger charge is 2.31. The van der Waals surface area contributed by atoms with Crippen molar-refractivity contribution in [2.45, 2.75) is 72.3 Å². The van der Waals surface area contributed by atoms with Gasteiger partial charge in [0.25, 0.3) is 0 Å². The summed E-state index contributed by atoms with van der Waals surface area (Å²) in [6.07, 6.45) is 0.183. The van der Waals surface area contributed by atoms with Crippen molar-refractivity contribution in [2.75, 3.05) is 6.54 Å². The zero-order valence-electron chi connectivity index (χ0n) is 14.5. The number of hydrogen-bond acceptors (Lipinski definition) is 2. The van der Waals surface area contributed by atoms with E-state index in [9.17, 15) is 13.2 Å². The van der Waals surface area contributed by atoms with Crippen molar-refractivity contribution >= 4 is 0 Å². The second-order valence-corrected chi connectivity index (χ2v) is 6.27. The molecule has 23 heavy (non-hydrogen) atoms. The standard InChI is InChI=1S/C18H28F3NO/c1-5-6-7-8-11-22(14(2)3)13-16-9-10-17(15(4)12-16)23-18(19,20)21/h9-10,12,14H,5-8,11,13H2,1-4H3. The lowest BCUT2D eigenvalue weighted by atomic mass is 10.1. The Kier molecular flexibility index (Phi) is 7.89. The van der Waals surface area contributed by atoms with Crippen molar-refractivity contribution in [3.05, 3.63) is 29.3 Å². The van der Waals surface area contributed by atoms with Gasteiger partial charge in [-0.2, -0.15) is 0 Å². The summed E-state index contributed by atoms with van der Waals surface area (Å²) in [7, 11) is 0. The van der Waals surface area contributed by atoms with Gasteiger partial charge in [0.2, 0.25) is 0 Å². The van der Waals surface area contributed by atoms with E-state index < -0.39 is 6.36 Å². The highest BCUT2D eigenvalue weighted by atomic mass is 19.4. The molecule has 0 aliphatic carbocycles. The second kappa shape index (κ2) is 9.16. The third-order valence-electron chi connectivity index (χ3n) is 3.88.